The van der Waals surface area contributed by atoms with E-state index in [1.54, 1.807) is 72.8 Å². The van der Waals surface area contributed by atoms with Gasteiger partial charge < -0.3 is 15.4 Å². The van der Waals surface area contributed by atoms with Gasteiger partial charge in [-0.25, -0.2) is 10.2 Å². The molecule has 0 aromatic heterocycles. The first kappa shape index (κ1) is 27.7. The van der Waals surface area contributed by atoms with Gasteiger partial charge in [0.1, 0.15) is 5.75 Å². The topological polar surface area (TPSA) is 126 Å². The number of esters is 1. The molecule has 0 aliphatic rings. The SMILES string of the molecule is Cc1ccccc1C(=O)Oc1ccc(/C=N/NC(=O)C(=O)Nc2ccccc2C(=O)Nc2ccc(Cl)cc2)cc1. The zero-order valence-electron chi connectivity index (χ0n) is 21.2. The average Bonchev–Trinajstić information content (AvgIpc) is 2.95. The smallest absolute Gasteiger partial charge is 0.343 e. The van der Waals surface area contributed by atoms with Crippen molar-refractivity contribution in [1.82, 2.24) is 5.43 Å². The predicted molar refractivity (Wildman–Crippen MR) is 153 cm³/mol. The summed E-state index contributed by atoms with van der Waals surface area (Å²) in [5.41, 5.74) is 4.82. The molecule has 4 aromatic rings. The molecule has 3 amide bonds. The largest absolute Gasteiger partial charge is 0.423 e. The van der Waals surface area contributed by atoms with Crippen molar-refractivity contribution >= 4 is 52.9 Å². The van der Waals surface area contributed by atoms with Crippen LogP contribution in [0, 0.1) is 6.92 Å². The standard InChI is InChI=1S/C30H23ClN4O5/c1-19-6-2-3-7-24(19)30(39)40-23-16-10-20(11-17-23)18-32-35-29(38)28(37)34-26-9-5-4-8-25(26)27(36)33-22-14-12-21(31)13-15-22/h2-18H,1H3,(H,33,36)(H,34,37)(H,35,38)/b32-18+. The first-order chi connectivity index (χ1) is 19.3. The molecule has 4 aromatic carbocycles. The first-order valence-electron chi connectivity index (χ1n) is 12.0. The van der Waals surface area contributed by atoms with E-state index in [4.69, 9.17) is 16.3 Å². The van der Waals surface area contributed by atoms with Crippen LogP contribution in [0.4, 0.5) is 11.4 Å². The number of hydrogen-bond acceptors (Lipinski definition) is 6. The minimum Gasteiger partial charge on any atom is -0.423 e. The number of anilines is 2. The predicted octanol–water partition coefficient (Wildman–Crippen LogP) is 5.21. The fourth-order valence-electron chi connectivity index (χ4n) is 3.50. The van der Waals surface area contributed by atoms with Crippen molar-refractivity contribution in [2.75, 3.05) is 10.6 Å². The molecule has 0 fully saturated rings. The third-order valence-electron chi connectivity index (χ3n) is 5.56. The Kier molecular flexibility index (Phi) is 9.01. The van der Waals surface area contributed by atoms with E-state index in [0.717, 1.165) is 5.56 Å². The number of carbonyl (C=O) groups is 4. The number of halogens is 1. The molecule has 0 saturated heterocycles. The van der Waals surface area contributed by atoms with Crippen LogP contribution in [-0.2, 0) is 9.59 Å². The summed E-state index contributed by atoms with van der Waals surface area (Å²) in [6.07, 6.45) is 1.33. The Morgan fingerprint density at radius 2 is 1.40 bits per heavy atom. The van der Waals surface area contributed by atoms with Gasteiger partial charge in [-0.05, 0) is 84.8 Å². The van der Waals surface area contributed by atoms with Crippen molar-refractivity contribution in [2.24, 2.45) is 5.10 Å². The van der Waals surface area contributed by atoms with E-state index >= 15 is 0 Å². The normalized spacial score (nSPS) is 10.6. The highest BCUT2D eigenvalue weighted by atomic mass is 35.5. The summed E-state index contributed by atoms with van der Waals surface area (Å²) in [4.78, 5) is 49.8. The monoisotopic (exact) mass is 554 g/mol. The Hall–Kier alpha value is -5.28. The highest BCUT2D eigenvalue weighted by Gasteiger charge is 2.18. The minimum absolute atomic E-state index is 0.147. The molecule has 40 heavy (non-hydrogen) atoms. The number of ether oxygens (including phenoxy) is 1. The molecule has 0 radical (unpaired) electrons. The Morgan fingerprint density at radius 1 is 0.750 bits per heavy atom. The molecule has 0 unspecified atom stereocenters. The lowest BCUT2D eigenvalue weighted by molar-refractivity contribution is -0.136. The average molecular weight is 555 g/mol. The van der Waals surface area contributed by atoms with Crippen molar-refractivity contribution in [3.05, 3.63) is 124 Å². The summed E-state index contributed by atoms with van der Waals surface area (Å²) in [5.74, 6) is -2.66. The summed E-state index contributed by atoms with van der Waals surface area (Å²) in [5, 5.41) is 9.44. The molecule has 0 atom stereocenters. The van der Waals surface area contributed by atoms with Crippen molar-refractivity contribution in [2.45, 2.75) is 6.92 Å². The van der Waals surface area contributed by atoms with Gasteiger partial charge in [-0.2, -0.15) is 5.10 Å². The van der Waals surface area contributed by atoms with E-state index in [0.29, 0.717) is 27.6 Å². The Labute approximate surface area is 234 Å². The van der Waals surface area contributed by atoms with Gasteiger partial charge in [-0.3, -0.25) is 14.4 Å². The van der Waals surface area contributed by atoms with Crippen LogP contribution in [-0.4, -0.2) is 29.9 Å². The van der Waals surface area contributed by atoms with E-state index in [2.05, 4.69) is 21.2 Å². The molecule has 200 valence electrons. The van der Waals surface area contributed by atoms with Gasteiger partial charge in [0, 0.05) is 10.7 Å². The maximum atomic E-state index is 12.7. The summed E-state index contributed by atoms with van der Waals surface area (Å²) >= 11 is 5.87. The lowest BCUT2D eigenvalue weighted by Crippen LogP contribution is -2.33. The third-order valence-corrected chi connectivity index (χ3v) is 5.82. The molecule has 9 nitrogen and oxygen atoms in total. The van der Waals surface area contributed by atoms with E-state index in [9.17, 15) is 19.2 Å². The molecule has 0 aliphatic heterocycles. The van der Waals surface area contributed by atoms with Crippen molar-refractivity contribution in [3.8, 4) is 5.75 Å². The van der Waals surface area contributed by atoms with Crippen molar-refractivity contribution < 1.29 is 23.9 Å². The Balaban J connectivity index is 1.31. The number of amides is 3. The number of nitrogens with zero attached hydrogens (tertiary/aromatic N) is 1. The molecule has 0 bridgehead atoms. The Morgan fingerprint density at radius 3 is 2.10 bits per heavy atom. The zero-order chi connectivity index (χ0) is 28.5. The summed E-state index contributed by atoms with van der Waals surface area (Å²) < 4.78 is 5.39. The molecule has 0 spiro atoms. The summed E-state index contributed by atoms with van der Waals surface area (Å²) in [6, 6.07) is 26.3. The van der Waals surface area contributed by atoms with E-state index in [1.165, 1.54) is 18.3 Å². The third kappa shape index (κ3) is 7.40. The highest BCUT2D eigenvalue weighted by molar-refractivity contribution is 6.40. The lowest BCUT2D eigenvalue weighted by Gasteiger charge is -2.11. The quantitative estimate of drug-likeness (QED) is 0.0950. The second kappa shape index (κ2) is 13.0. The van der Waals surface area contributed by atoms with Crippen molar-refractivity contribution in [3.63, 3.8) is 0 Å². The number of rotatable bonds is 7. The number of hydrazone groups is 1. The first-order valence-corrected chi connectivity index (χ1v) is 12.4. The maximum absolute atomic E-state index is 12.7. The molecule has 0 heterocycles. The van der Waals surface area contributed by atoms with Gasteiger partial charge in [-0.15, -0.1) is 0 Å². The number of carbonyl (C=O) groups excluding carboxylic acids is 4. The molecule has 0 aliphatic carbocycles. The summed E-state index contributed by atoms with van der Waals surface area (Å²) in [6.45, 7) is 1.82. The van der Waals surface area contributed by atoms with Gasteiger partial charge in [0.05, 0.1) is 23.0 Å². The molecule has 4 rings (SSSR count). The fraction of sp³-hybridized carbons (Fsp3) is 0.0333. The fourth-order valence-corrected chi connectivity index (χ4v) is 3.63. The van der Waals surface area contributed by atoms with Gasteiger partial charge in [0.15, 0.2) is 0 Å². The number of nitrogens with one attached hydrogen (secondary N) is 3. The maximum Gasteiger partial charge on any atom is 0.343 e. The van der Waals surface area contributed by atoms with Crippen LogP contribution in [0.3, 0.4) is 0 Å². The van der Waals surface area contributed by atoms with Crippen LogP contribution < -0.4 is 20.8 Å². The van der Waals surface area contributed by atoms with Gasteiger partial charge in [0.2, 0.25) is 0 Å². The van der Waals surface area contributed by atoms with E-state index in [1.807, 2.05) is 19.1 Å². The highest BCUT2D eigenvalue weighted by Crippen LogP contribution is 2.19. The van der Waals surface area contributed by atoms with Crippen LogP contribution in [0.1, 0.15) is 31.8 Å². The van der Waals surface area contributed by atoms with E-state index < -0.39 is 23.7 Å². The molecule has 10 heteroatoms. The van der Waals surface area contributed by atoms with Crippen LogP contribution in [0.25, 0.3) is 0 Å². The van der Waals surface area contributed by atoms with Crippen LogP contribution in [0.5, 0.6) is 5.75 Å². The number of hydrogen-bond donors (Lipinski definition) is 3. The molecular formula is C30H23ClN4O5. The number of benzene rings is 4. The van der Waals surface area contributed by atoms with Crippen LogP contribution in [0.15, 0.2) is 102 Å². The number of aryl methyl sites for hydroxylation is 1. The minimum atomic E-state index is -1.03. The van der Waals surface area contributed by atoms with Crippen LogP contribution >= 0.6 is 11.6 Å². The lowest BCUT2D eigenvalue weighted by atomic mass is 10.1. The summed E-state index contributed by atoms with van der Waals surface area (Å²) in [7, 11) is 0. The molecular weight excluding hydrogens is 532 g/mol. The van der Waals surface area contributed by atoms with Crippen molar-refractivity contribution in [1.29, 1.82) is 0 Å². The van der Waals surface area contributed by atoms with Gasteiger partial charge in [-0.1, -0.05) is 41.9 Å². The van der Waals surface area contributed by atoms with Gasteiger partial charge >= 0.3 is 17.8 Å². The van der Waals surface area contributed by atoms with Gasteiger partial charge in [0.25, 0.3) is 5.91 Å². The molecule has 0 saturated carbocycles. The number of para-hydroxylation sites is 1. The second-order valence-corrected chi connectivity index (χ2v) is 8.87. The second-order valence-electron chi connectivity index (χ2n) is 8.43. The van der Waals surface area contributed by atoms with E-state index in [-0.39, 0.29) is 11.3 Å². The zero-order valence-corrected chi connectivity index (χ0v) is 21.9. The molecule has 3 N–H and O–H groups in total. The van der Waals surface area contributed by atoms with Crippen LogP contribution in [0.2, 0.25) is 5.02 Å². The Bertz CT molecular complexity index is 1580.